The highest BCUT2D eigenvalue weighted by molar-refractivity contribution is 6.05. The molecule has 2 bridgehead atoms. The number of fused-ring (bicyclic) bond motifs is 2. The maximum Gasteiger partial charge on any atom is 0.255 e. The van der Waals surface area contributed by atoms with Crippen LogP contribution in [0.15, 0.2) is 42.5 Å². The summed E-state index contributed by atoms with van der Waals surface area (Å²) in [4.78, 5) is 38.3. The lowest BCUT2D eigenvalue weighted by Gasteiger charge is -2.37. The van der Waals surface area contributed by atoms with E-state index in [0.717, 1.165) is 19.3 Å². The number of anilines is 2. The first-order chi connectivity index (χ1) is 16.5. The molecule has 7 nitrogen and oxygen atoms in total. The number of ether oxygens (including phenoxy) is 2. The van der Waals surface area contributed by atoms with Gasteiger partial charge in [0, 0.05) is 35.4 Å². The van der Waals surface area contributed by atoms with Crippen LogP contribution in [-0.4, -0.2) is 30.8 Å². The summed E-state index contributed by atoms with van der Waals surface area (Å²) in [5, 5.41) is 5.90. The topological polar surface area (TPSA) is 93.7 Å². The van der Waals surface area contributed by atoms with Gasteiger partial charge in [0.25, 0.3) is 5.91 Å². The molecule has 4 rings (SSSR count). The van der Waals surface area contributed by atoms with E-state index in [2.05, 4.69) is 10.6 Å². The number of nitrogens with one attached hydrogen (secondary N) is 2. The van der Waals surface area contributed by atoms with Crippen LogP contribution in [0.4, 0.5) is 11.4 Å². The third kappa shape index (κ3) is 5.24. The van der Waals surface area contributed by atoms with Gasteiger partial charge < -0.3 is 20.1 Å². The van der Waals surface area contributed by atoms with Crippen LogP contribution in [0, 0.1) is 17.8 Å². The molecule has 0 radical (unpaired) electrons. The molecule has 0 saturated heterocycles. The van der Waals surface area contributed by atoms with Crippen LogP contribution < -0.4 is 20.1 Å². The molecule has 0 spiro atoms. The molecule has 2 N–H and O–H groups in total. The Balaban J connectivity index is 1.56. The largest absolute Gasteiger partial charge is 0.492 e. The summed E-state index contributed by atoms with van der Waals surface area (Å²) in [7, 11) is 0. The minimum absolute atomic E-state index is 0.00386. The number of carbonyl (C=O) groups excluding carboxylic acids is 3. The number of benzene rings is 2. The number of hydrogen-bond acceptors (Lipinski definition) is 5. The molecule has 2 atom stereocenters. The van der Waals surface area contributed by atoms with Crippen molar-refractivity contribution in [1.29, 1.82) is 0 Å². The van der Waals surface area contributed by atoms with Crippen LogP contribution in [0.3, 0.4) is 0 Å². The summed E-state index contributed by atoms with van der Waals surface area (Å²) < 4.78 is 11.6. The molecular weight excluding hydrogens is 432 g/mol. The van der Waals surface area contributed by atoms with Crippen molar-refractivity contribution in [3.05, 3.63) is 48.0 Å². The van der Waals surface area contributed by atoms with Crippen LogP contribution in [0.1, 0.15) is 56.3 Å². The normalized spacial score (nSPS) is 21.5. The SMILES string of the molecule is CCOc1cc(NC(=O)C2CC3CCCC(C2)C3=O)c(OCC)cc1NC(=O)c1ccccc1. The van der Waals surface area contributed by atoms with E-state index in [0.29, 0.717) is 60.3 Å². The fraction of sp³-hybridized carbons (Fsp3) is 0.444. The van der Waals surface area contributed by atoms with Crippen molar-refractivity contribution in [2.24, 2.45) is 17.8 Å². The Kier molecular flexibility index (Phi) is 7.50. The van der Waals surface area contributed by atoms with Gasteiger partial charge >= 0.3 is 0 Å². The van der Waals surface area contributed by atoms with Crippen LogP contribution in [0.25, 0.3) is 0 Å². The fourth-order valence-corrected chi connectivity index (χ4v) is 5.02. The van der Waals surface area contributed by atoms with E-state index in [1.807, 2.05) is 19.9 Å². The zero-order valence-corrected chi connectivity index (χ0v) is 19.8. The van der Waals surface area contributed by atoms with Gasteiger partial charge in [-0.05, 0) is 51.7 Å². The highest BCUT2D eigenvalue weighted by Gasteiger charge is 2.41. The Morgan fingerprint density at radius 1 is 0.882 bits per heavy atom. The van der Waals surface area contributed by atoms with Crippen molar-refractivity contribution in [3.63, 3.8) is 0 Å². The summed E-state index contributed by atoms with van der Waals surface area (Å²) in [6, 6.07) is 12.3. The molecule has 0 heterocycles. The first kappa shape index (κ1) is 23.8. The van der Waals surface area contributed by atoms with Crippen molar-refractivity contribution < 1.29 is 23.9 Å². The van der Waals surface area contributed by atoms with E-state index >= 15 is 0 Å². The zero-order valence-electron chi connectivity index (χ0n) is 19.8. The second kappa shape index (κ2) is 10.7. The van der Waals surface area contributed by atoms with Gasteiger partial charge in [-0.15, -0.1) is 0 Å². The molecule has 0 aliphatic heterocycles. The monoisotopic (exact) mass is 464 g/mol. The number of rotatable bonds is 8. The summed E-state index contributed by atoms with van der Waals surface area (Å²) in [6.07, 6.45) is 4.04. The molecule has 2 aromatic carbocycles. The van der Waals surface area contributed by atoms with Gasteiger partial charge in [0.2, 0.25) is 5.91 Å². The van der Waals surface area contributed by atoms with Gasteiger partial charge in [0.1, 0.15) is 17.3 Å². The van der Waals surface area contributed by atoms with Gasteiger partial charge in [0.15, 0.2) is 0 Å². The molecule has 2 amide bonds. The van der Waals surface area contributed by atoms with Crippen molar-refractivity contribution in [2.75, 3.05) is 23.8 Å². The van der Waals surface area contributed by atoms with E-state index in [1.165, 1.54) is 0 Å². The van der Waals surface area contributed by atoms with E-state index in [1.54, 1.807) is 36.4 Å². The molecule has 34 heavy (non-hydrogen) atoms. The van der Waals surface area contributed by atoms with Crippen molar-refractivity contribution >= 4 is 29.0 Å². The molecule has 2 aromatic rings. The molecule has 2 fully saturated rings. The molecule has 2 saturated carbocycles. The van der Waals surface area contributed by atoms with Crippen molar-refractivity contribution in [1.82, 2.24) is 0 Å². The fourth-order valence-electron chi connectivity index (χ4n) is 5.02. The van der Waals surface area contributed by atoms with E-state index < -0.39 is 0 Å². The maximum absolute atomic E-state index is 13.2. The Morgan fingerprint density at radius 3 is 2.00 bits per heavy atom. The van der Waals surface area contributed by atoms with Crippen molar-refractivity contribution in [2.45, 2.75) is 46.0 Å². The standard InChI is InChI=1S/C27H32N2O5/c1-3-33-23-16-22(29-27(32)20-13-18-11-8-12-19(14-20)25(18)30)24(34-4-2)15-21(23)28-26(31)17-9-6-5-7-10-17/h5-7,9-10,15-16,18-20H,3-4,8,11-14H2,1-2H3,(H,28,31)(H,29,32). The first-order valence-corrected chi connectivity index (χ1v) is 12.1. The van der Waals surface area contributed by atoms with Crippen molar-refractivity contribution in [3.8, 4) is 11.5 Å². The van der Waals surface area contributed by atoms with E-state index in [4.69, 9.17) is 9.47 Å². The molecule has 180 valence electrons. The van der Waals surface area contributed by atoms with Crippen LogP contribution in [0.2, 0.25) is 0 Å². The molecule has 2 aliphatic rings. The third-order valence-electron chi connectivity index (χ3n) is 6.64. The molecule has 0 aromatic heterocycles. The Bertz CT molecular complexity index is 1040. The van der Waals surface area contributed by atoms with Gasteiger partial charge in [0.05, 0.1) is 24.6 Å². The second-order valence-corrected chi connectivity index (χ2v) is 8.92. The van der Waals surface area contributed by atoms with E-state index in [9.17, 15) is 14.4 Å². The van der Waals surface area contributed by atoms with Crippen LogP contribution in [0.5, 0.6) is 11.5 Å². The number of ketones is 1. The smallest absolute Gasteiger partial charge is 0.255 e. The summed E-state index contributed by atoms with van der Waals surface area (Å²) in [5.41, 5.74) is 1.49. The number of carbonyl (C=O) groups is 3. The summed E-state index contributed by atoms with van der Waals surface area (Å²) in [5.74, 6) is 0.676. The third-order valence-corrected chi connectivity index (χ3v) is 6.64. The lowest BCUT2D eigenvalue weighted by Crippen LogP contribution is -2.40. The van der Waals surface area contributed by atoms with E-state index in [-0.39, 0.29) is 29.6 Å². The number of hydrogen-bond donors (Lipinski definition) is 2. The molecule has 7 heteroatoms. The number of Topliss-reactive ketones (excluding diaryl/α,β-unsaturated/α-hetero) is 1. The minimum Gasteiger partial charge on any atom is -0.492 e. The zero-order chi connectivity index (χ0) is 24.1. The lowest BCUT2D eigenvalue weighted by atomic mass is 9.67. The van der Waals surface area contributed by atoms with Gasteiger partial charge in [-0.2, -0.15) is 0 Å². The summed E-state index contributed by atoms with van der Waals surface area (Å²) >= 11 is 0. The average Bonchev–Trinajstić information content (AvgIpc) is 2.82. The predicted octanol–water partition coefficient (Wildman–Crippen LogP) is 5.07. The van der Waals surface area contributed by atoms with Gasteiger partial charge in [-0.3, -0.25) is 14.4 Å². The van der Waals surface area contributed by atoms with Crippen LogP contribution in [-0.2, 0) is 9.59 Å². The number of amides is 2. The van der Waals surface area contributed by atoms with Crippen LogP contribution >= 0.6 is 0 Å². The Labute approximate surface area is 200 Å². The molecule has 2 unspecified atom stereocenters. The predicted molar refractivity (Wildman–Crippen MR) is 130 cm³/mol. The minimum atomic E-state index is -0.265. The van der Waals surface area contributed by atoms with Gasteiger partial charge in [-0.1, -0.05) is 24.6 Å². The highest BCUT2D eigenvalue weighted by Crippen LogP contribution is 2.42. The summed E-state index contributed by atoms with van der Waals surface area (Å²) in [6.45, 7) is 4.50. The van der Waals surface area contributed by atoms with Gasteiger partial charge in [-0.25, -0.2) is 0 Å². The second-order valence-electron chi connectivity index (χ2n) is 8.92. The maximum atomic E-state index is 13.2. The first-order valence-electron chi connectivity index (χ1n) is 12.1. The Hall–Kier alpha value is -3.35. The average molecular weight is 465 g/mol. The molecular formula is C27H32N2O5. The quantitative estimate of drug-likeness (QED) is 0.569. The Morgan fingerprint density at radius 2 is 1.44 bits per heavy atom. The highest BCUT2D eigenvalue weighted by atomic mass is 16.5. The lowest BCUT2D eigenvalue weighted by molar-refractivity contribution is -0.136. The molecule has 2 aliphatic carbocycles.